The zero-order valence-electron chi connectivity index (χ0n) is 13.9. The van der Waals surface area contributed by atoms with Crippen molar-refractivity contribution in [2.24, 2.45) is 0 Å². The molecule has 2 aliphatic heterocycles. The van der Waals surface area contributed by atoms with E-state index in [-0.39, 0.29) is 12.5 Å². The number of benzene rings is 1. The first kappa shape index (κ1) is 17.7. The van der Waals surface area contributed by atoms with Crippen LogP contribution in [0.1, 0.15) is 18.4 Å². The van der Waals surface area contributed by atoms with Crippen LogP contribution in [0.15, 0.2) is 24.3 Å². The lowest BCUT2D eigenvalue weighted by atomic mass is 10.0. The summed E-state index contributed by atoms with van der Waals surface area (Å²) in [5.41, 5.74) is -0.0612. The van der Waals surface area contributed by atoms with Gasteiger partial charge in [-0.3, -0.25) is 4.79 Å². The standard InChI is InChI=1S/C18H25ClN2O3/c19-16-5-3-15(4-6-16)11-17(22)21-9-10-24-14-18(23,13-21)12-20-7-1-2-8-20/h3-6,23H,1-2,7-14H2/t18-/m0/s1. The number of carbonyl (C=O) groups is 1. The minimum absolute atomic E-state index is 0.0164. The molecule has 0 spiro atoms. The summed E-state index contributed by atoms with van der Waals surface area (Å²) in [6, 6.07) is 7.31. The molecule has 0 radical (unpaired) electrons. The van der Waals surface area contributed by atoms with Crippen LogP contribution in [0, 0.1) is 0 Å². The van der Waals surface area contributed by atoms with Gasteiger partial charge in [-0.1, -0.05) is 23.7 Å². The van der Waals surface area contributed by atoms with E-state index in [4.69, 9.17) is 16.3 Å². The van der Waals surface area contributed by atoms with Crippen LogP contribution in [0.25, 0.3) is 0 Å². The third kappa shape index (κ3) is 4.70. The predicted octanol–water partition coefficient (Wildman–Crippen LogP) is 1.57. The maximum Gasteiger partial charge on any atom is 0.227 e. The van der Waals surface area contributed by atoms with Crippen molar-refractivity contribution >= 4 is 17.5 Å². The summed E-state index contributed by atoms with van der Waals surface area (Å²) in [7, 11) is 0. The fourth-order valence-corrected chi connectivity index (χ4v) is 3.60. The highest BCUT2D eigenvalue weighted by atomic mass is 35.5. The van der Waals surface area contributed by atoms with Gasteiger partial charge in [-0.05, 0) is 43.6 Å². The maximum atomic E-state index is 12.6. The molecule has 0 saturated carbocycles. The van der Waals surface area contributed by atoms with Crippen molar-refractivity contribution in [3.8, 4) is 0 Å². The van der Waals surface area contributed by atoms with Crippen molar-refractivity contribution in [2.45, 2.75) is 24.9 Å². The number of halogens is 1. The van der Waals surface area contributed by atoms with Gasteiger partial charge in [0.2, 0.25) is 5.91 Å². The first-order chi connectivity index (χ1) is 11.5. The summed E-state index contributed by atoms with van der Waals surface area (Å²) in [5.74, 6) is 0.0164. The Morgan fingerprint density at radius 3 is 2.62 bits per heavy atom. The Balaban J connectivity index is 1.62. The van der Waals surface area contributed by atoms with Crippen molar-refractivity contribution in [1.82, 2.24) is 9.80 Å². The maximum absolute atomic E-state index is 12.6. The van der Waals surface area contributed by atoms with Crippen LogP contribution in [-0.2, 0) is 16.0 Å². The van der Waals surface area contributed by atoms with Gasteiger partial charge in [0.15, 0.2) is 0 Å². The summed E-state index contributed by atoms with van der Waals surface area (Å²) in [5, 5.41) is 11.6. The molecule has 3 rings (SSSR count). The Morgan fingerprint density at radius 1 is 1.21 bits per heavy atom. The number of aliphatic hydroxyl groups is 1. The average Bonchev–Trinajstić information content (AvgIpc) is 2.97. The molecule has 6 heteroatoms. The number of likely N-dealkylation sites (tertiary alicyclic amines) is 1. The van der Waals surface area contributed by atoms with Crippen molar-refractivity contribution < 1.29 is 14.6 Å². The van der Waals surface area contributed by atoms with Gasteiger partial charge in [-0.2, -0.15) is 0 Å². The molecular formula is C18H25ClN2O3. The molecule has 1 atom stereocenters. The Labute approximate surface area is 148 Å². The molecule has 0 aliphatic carbocycles. The predicted molar refractivity (Wildman–Crippen MR) is 93.2 cm³/mol. The first-order valence-corrected chi connectivity index (χ1v) is 8.97. The second kappa shape index (κ2) is 7.83. The van der Waals surface area contributed by atoms with Crippen molar-refractivity contribution in [3.63, 3.8) is 0 Å². The summed E-state index contributed by atoms with van der Waals surface area (Å²) >= 11 is 5.89. The molecule has 0 bridgehead atoms. The molecule has 2 heterocycles. The Morgan fingerprint density at radius 2 is 1.92 bits per heavy atom. The van der Waals surface area contributed by atoms with Gasteiger partial charge < -0.3 is 19.6 Å². The summed E-state index contributed by atoms with van der Waals surface area (Å²) in [4.78, 5) is 16.6. The fourth-order valence-electron chi connectivity index (χ4n) is 3.47. The molecule has 0 unspecified atom stereocenters. The largest absolute Gasteiger partial charge is 0.384 e. The molecule has 1 aromatic rings. The molecule has 1 N–H and O–H groups in total. The van der Waals surface area contributed by atoms with Gasteiger partial charge >= 0.3 is 0 Å². The molecule has 2 saturated heterocycles. The third-order valence-electron chi connectivity index (χ3n) is 4.70. The Hall–Kier alpha value is -1.14. The average molecular weight is 353 g/mol. The number of amides is 1. The summed E-state index contributed by atoms with van der Waals surface area (Å²) in [6.07, 6.45) is 2.67. The molecule has 5 nitrogen and oxygen atoms in total. The van der Waals surface area contributed by atoms with Gasteiger partial charge in [-0.25, -0.2) is 0 Å². The van der Waals surface area contributed by atoms with E-state index in [1.165, 1.54) is 12.8 Å². The Kier molecular flexibility index (Phi) is 5.76. The van der Waals surface area contributed by atoms with E-state index in [0.29, 0.717) is 37.7 Å². The number of carbonyl (C=O) groups excluding carboxylic acids is 1. The summed E-state index contributed by atoms with van der Waals surface area (Å²) < 4.78 is 5.58. The highest BCUT2D eigenvalue weighted by Crippen LogP contribution is 2.19. The zero-order chi connectivity index (χ0) is 17.0. The van der Waals surface area contributed by atoms with Crippen LogP contribution in [-0.4, -0.2) is 72.4 Å². The Bertz CT molecular complexity index is 560. The lowest BCUT2D eigenvalue weighted by Crippen LogP contribution is -2.53. The van der Waals surface area contributed by atoms with Crippen LogP contribution in [0.5, 0.6) is 0 Å². The van der Waals surface area contributed by atoms with E-state index in [0.717, 1.165) is 18.7 Å². The van der Waals surface area contributed by atoms with E-state index in [2.05, 4.69) is 4.90 Å². The monoisotopic (exact) mass is 352 g/mol. The van der Waals surface area contributed by atoms with E-state index < -0.39 is 5.60 Å². The highest BCUT2D eigenvalue weighted by molar-refractivity contribution is 6.30. The molecule has 24 heavy (non-hydrogen) atoms. The van der Waals surface area contributed by atoms with Crippen LogP contribution in [0.2, 0.25) is 5.02 Å². The number of rotatable bonds is 4. The van der Waals surface area contributed by atoms with Crippen LogP contribution >= 0.6 is 11.6 Å². The quantitative estimate of drug-likeness (QED) is 0.893. The molecule has 2 aliphatic rings. The molecule has 0 aromatic heterocycles. The smallest absolute Gasteiger partial charge is 0.227 e. The van der Waals surface area contributed by atoms with Crippen LogP contribution < -0.4 is 0 Å². The van der Waals surface area contributed by atoms with Gasteiger partial charge in [0.05, 0.1) is 26.2 Å². The molecule has 132 valence electrons. The second-order valence-corrected chi connectivity index (χ2v) is 7.32. The second-order valence-electron chi connectivity index (χ2n) is 6.88. The molecule has 2 fully saturated rings. The van der Waals surface area contributed by atoms with E-state index in [9.17, 15) is 9.90 Å². The lowest BCUT2D eigenvalue weighted by Gasteiger charge is -2.34. The van der Waals surface area contributed by atoms with Crippen molar-refractivity contribution in [2.75, 3.05) is 45.9 Å². The SMILES string of the molecule is O=C(Cc1ccc(Cl)cc1)N1CCOC[C@](O)(CN2CCCC2)C1. The van der Waals surface area contributed by atoms with Crippen LogP contribution in [0.3, 0.4) is 0 Å². The van der Waals surface area contributed by atoms with E-state index in [1.54, 1.807) is 17.0 Å². The normalized spacial score (nSPS) is 25.7. The third-order valence-corrected chi connectivity index (χ3v) is 4.95. The van der Waals surface area contributed by atoms with Gasteiger partial charge in [0, 0.05) is 18.1 Å². The first-order valence-electron chi connectivity index (χ1n) is 8.59. The lowest BCUT2D eigenvalue weighted by molar-refractivity contribution is -0.133. The highest BCUT2D eigenvalue weighted by Gasteiger charge is 2.36. The van der Waals surface area contributed by atoms with Crippen LogP contribution in [0.4, 0.5) is 0 Å². The zero-order valence-corrected chi connectivity index (χ0v) is 14.7. The minimum atomic E-state index is -0.990. The molecule has 1 amide bonds. The molecular weight excluding hydrogens is 328 g/mol. The fraction of sp³-hybridized carbons (Fsp3) is 0.611. The van der Waals surface area contributed by atoms with Gasteiger partial charge in [0.1, 0.15) is 5.60 Å². The van der Waals surface area contributed by atoms with Crippen molar-refractivity contribution in [3.05, 3.63) is 34.9 Å². The number of nitrogens with zero attached hydrogens (tertiary/aromatic N) is 2. The molecule has 1 aromatic carbocycles. The minimum Gasteiger partial charge on any atom is -0.384 e. The van der Waals surface area contributed by atoms with Gasteiger partial charge in [0.25, 0.3) is 0 Å². The number of ether oxygens (including phenoxy) is 1. The summed E-state index contributed by atoms with van der Waals surface area (Å²) in [6.45, 7) is 4.20. The van der Waals surface area contributed by atoms with E-state index >= 15 is 0 Å². The van der Waals surface area contributed by atoms with E-state index in [1.807, 2.05) is 12.1 Å². The van der Waals surface area contributed by atoms with Crippen molar-refractivity contribution in [1.29, 1.82) is 0 Å². The number of hydrogen-bond acceptors (Lipinski definition) is 4. The number of hydrogen-bond donors (Lipinski definition) is 1. The number of β-amino-alcohol motifs (C(OH)–C–C–N with tert-alkyl or cyclic N) is 1. The van der Waals surface area contributed by atoms with Gasteiger partial charge in [-0.15, -0.1) is 0 Å². The topological polar surface area (TPSA) is 53.0 Å².